The summed E-state index contributed by atoms with van der Waals surface area (Å²) in [5, 5.41) is 18.7. The molecule has 1 atom stereocenters. The van der Waals surface area contributed by atoms with E-state index in [1.165, 1.54) is 0 Å². The third kappa shape index (κ3) is 10.1. The number of urea groups is 1. The third-order valence-corrected chi connectivity index (χ3v) is 4.81. The fourth-order valence-corrected chi connectivity index (χ4v) is 3.57. The van der Waals surface area contributed by atoms with Crippen molar-refractivity contribution >= 4 is 29.3 Å². The second-order valence-corrected chi connectivity index (χ2v) is 10.3. The smallest absolute Gasteiger partial charge is 0.329 e. The van der Waals surface area contributed by atoms with E-state index in [9.17, 15) is 24.6 Å². The number of nitrogens with zero attached hydrogens (tertiary/aromatic N) is 2. The van der Waals surface area contributed by atoms with Gasteiger partial charge in [-0.05, 0) is 78.6 Å². The molecule has 4 N–H and O–H groups in total. The summed E-state index contributed by atoms with van der Waals surface area (Å²) in [5.41, 5.74) is 6.05. The topological polar surface area (TPSA) is 143 Å². The van der Waals surface area contributed by atoms with Gasteiger partial charge in [0.25, 0.3) is 0 Å². The molecule has 10 nitrogen and oxygen atoms in total. The first-order chi connectivity index (χ1) is 16.1. The van der Waals surface area contributed by atoms with E-state index in [0.717, 1.165) is 16.2 Å². The molecule has 0 heterocycles. The van der Waals surface area contributed by atoms with Crippen LogP contribution in [0.3, 0.4) is 0 Å². The van der Waals surface area contributed by atoms with Gasteiger partial charge in [-0.25, -0.2) is 9.59 Å². The molecule has 0 fully saturated rings. The number of hydrogen-bond donors (Lipinski definition) is 3. The number of anilines is 2. The van der Waals surface area contributed by atoms with Gasteiger partial charge in [-0.3, -0.25) is 9.69 Å². The van der Waals surface area contributed by atoms with Gasteiger partial charge in [0.1, 0.15) is 17.2 Å². The zero-order valence-corrected chi connectivity index (χ0v) is 22.0. The van der Waals surface area contributed by atoms with Gasteiger partial charge in [0.05, 0.1) is 13.2 Å². The molecule has 0 aliphatic heterocycles. The summed E-state index contributed by atoms with van der Waals surface area (Å²) in [6.07, 6.45) is -0.169. The summed E-state index contributed by atoms with van der Waals surface area (Å²) in [6.45, 7) is 12.6. The normalized spacial score (nSPS) is 12.6. The van der Waals surface area contributed by atoms with Crippen LogP contribution in [0.25, 0.3) is 0 Å². The van der Waals surface area contributed by atoms with Crippen LogP contribution in [0.1, 0.15) is 59.9 Å². The zero-order chi connectivity index (χ0) is 27.0. The second-order valence-electron chi connectivity index (χ2n) is 10.3. The van der Waals surface area contributed by atoms with Crippen LogP contribution in [-0.2, 0) is 19.1 Å². The molecule has 0 unspecified atom stereocenters. The molecule has 0 aliphatic carbocycles. The van der Waals surface area contributed by atoms with Crippen LogP contribution >= 0.6 is 0 Å². The van der Waals surface area contributed by atoms with Gasteiger partial charge in [0.15, 0.2) is 0 Å². The van der Waals surface area contributed by atoms with Crippen LogP contribution in [0.4, 0.5) is 16.2 Å². The van der Waals surface area contributed by atoms with Gasteiger partial charge < -0.3 is 30.3 Å². The molecule has 198 valence electrons. The molecule has 2 amide bonds. The molecule has 1 aromatic carbocycles. The first-order valence-corrected chi connectivity index (χ1v) is 11.7. The Morgan fingerprint density at radius 3 is 1.94 bits per heavy atom. The van der Waals surface area contributed by atoms with Crippen molar-refractivity contribution < 1.29 is 34.1 Å². The van der Waals surface area contributed by atoms with E-state index in [4.69, 9.17) is 15.2 Å². The van der Waals surface area contributed by atoms with Gasteiger partial charge in [-0.1, -0.05) is 0 Å². The summed E-state index contributed by atoms with van der Waals surface area (Å²) in [5.74, 6) is -1.20. The van der Waals surface area contributed by atoms with Crippen molar-refractivity contribution in [3.8, 4) is 0 Å². The number of aliphatic hydroxyl groups is 2. The SMILES string of the molecule is Cc1cc(N(C(N)=O)[C@@H](CCC(=O)OC(C)(C)C)C(=O)OC(C)(C)C)ccc1N(CCO)CCO. The number of rotatable bonds is 11. The predicted molar refractivity (Wildman–Crippen MR) is 134 cm³/mol. The van der Waals surface area contributed by atoms with Crippen LogP contribution in [-0.4, -0.2) is 71.7 Å². The Bertz CT molecular complexity index is 869. The Morgan fingerprint density at radius 2 is 1.51 bits per heavy atom. The van der Waals surface area contributed by atoms with Crippen LogP contribution in [0.5, 0.6) is 0 Å². The van der Waals surface area contributed by atoms with Gasteiger partial charge >= 0.3 is 18.0 Å². The van der Waals surface area contributed by atoms with Crippen molar-refractivity contribution in [3.05, 3.63) is 23.8 Å². The highest BCUT2D eigenvalue weighted by atomic mass is 16.6. The predicted octanol–water partition coefficient (Wildman–Crippen LogP) is 2.50. The van der Waals surface area contributed by atoms with Crippen LogP contribution < -0.4 is 15.5 Å². The number of benzene rings is 1. The van der Waals surface area contributed by atoms with Gasteiger partial charge in [0, 0.05) is 30.9 Å². The van der Waals surface area contributed by atoms with Crippen LogP contribution in [0.2, 0.25) is 0 Å². The van der Waals surface area contributed by atoms with Gasteiger partial charge in [0.2, 0.25) is 0 Å². The number of aryl methyl sites for hydroxylation is 1. The first-order valence-electron chi connectivity index (χ1n) is 11.7. The summed E-state index contributed by atoms with van der Waals surface area (Å²) in [4.78, 5) is 41.0. The van der Waals surface area contributed by atoms with Crippen LogP contribution in [0.15, 0.2) is 18.2 Å². The molecule has 1 aromatic rings. The number of carbonyl (C=O) groups is 3. The van der Waals surface area contributed by atoms with E-state index < -0.39 is 35.2 Å². The van der Waals surface area contributed by atoms with E-state index in [0.29, 0.717) is 18.8 Å². The Kier molecular flexibility index (Phi) is 11.0. The van der Waals surface area contributed by atoms with Crippen molar-refractivity contribution in [2.75, 3.05) is 36.1 Å². The second kappa shape index (κ2) is 12.7. The third-order valence-electron chi connectivity index (χ3n) is 4.81. The van der Waals surface area contributed by atoms with E-state index in [-0.39, 0.29) is 26.1 Å². The number of carbonyl (C=O) groups excluding carboxylic acids is 3. The molecule has 0 saturated carbocycles. The lowest BCUT2D eigenvalue weighted by atomic mass is 10.1. The lowest BCUT2D eigenvalue weighted by Gasteiger charge is -2.32. The monoisotopic (exact) mass is 495 g/mol. The Balaban J connectivity index is 3.37. The maximum atomic E-state index is 13.1. The minimum atomic E-state index is -1.16. The summed E-state index contributed by atoms with van der Waals surface area (Å²) in [6, 6.07) is 3.01. The number of hydrogen-bond acceptors (Lipinski definition) is 8. The minimum Gasteiger partial charge on any atom is -0.460 e. The van der Waals surface area contributed by atoms with Crippen molar-refractivity contribution in [2.45, 2.75) is 78.6 Å². The molecular weight excluding hydrogens is 454 g/mol. The van der Waals surface area contributed by atoms with E-state index >= 15 is 0 Å². The molecular formula is C25H41N3O7. The van der Waals surface area contributed by atoms with Crippen molar-refractivity contribution in [3.63, 3.8) is 0 Å². The summed E-state index contributed by atoms with van der Waals surface area (Å²) < 4.78 is 10.9. The fourth-order valence-electron chi connectivity index (χ4n) is 3.57. The van der Waals surface area contributed by atoms with Crippen molar-refractivity contribution in [1.29, 1.82) is 0 Å². The van der Waals surface area contributed by atoms with Crippen LogP contribution in [0, 0.1) is 6.92 Å². The number of esters is 2. The Morgan fingerprint density at radius 1 is 0.971 bits per heavy atom. The summed E-state index contributed by atoms with van der Waals surface area (Å²) in [7, 11) is 0. The van der Waals surface area contributed by atoms with Gasteiger partial charge in [-0.15, -0.1) is 0 Å². The average molecular weight is 496 g/mol. The molecule has 0 spiro atoms. The van der Waals surface area contributed by atoms with Crippen molar-refractivity contribution in [1.82, 2.24) is 0 Å². The molecule has 0 bridgehead atoms. The lowest BCUT2D eigenvalue weighted by molar-refractivity contribution is -0.157. The number of primary amides is 1. The standard InChI is InChI=1S/C25H41N3O7/c1-17-16-18(8-9-19(17)27(12-14-29)13-15-30)28(23(26)33)20(22(32)35-25(5,6)7)10-11-21(31)34-24(2,3)4/h8-9,16,20,29-30H,10-15H2,1-7H3,(H2,26,33)/t20-/m0/s1. The fraction of sp³-hybridized carbons (Fsp3) is 0.640. The van der Waals surface area contributed by atoms with Crippen molar-refractivity contribution in [2.24, 2.45) is 5.73 Å². The molecule has 0 aromatic heterocycles. The summed E-state index contributed by atoms with van der Waals surface area (Å²) >= 11 is 0. The number of aliphatic hydroxyl groups excluding tert-OH is 2. The molecule has 0 radical (unpaired) electrons. The average Bonchev–Trinajstić information content (AvgIpc) is 2.68. The van der Waals surface area contributed by atoms with E-state index in [1.54, 1.807) is 59.7 Å². The highest BCUT2D eigenvalue weighted by Gasteiger charge is 2.35. The number of ether oxygens (including phenoxy) is 2. The molecule has 0 aliphatic rings. The quantitative estimate of drug-likeness (QED) is 0.398. The lowest BCUT2D eigenvalue weighted by Crippen LogP contribution is -2.50. The minimum absolute atomic E-state index is 0.0469. The maximum Gasteiger partial charge on any atom is 0.329 e. The molecule has 10 heteroatoms. The maximum absolute atomic E-state index is 13.1. The first kappa shape index (κ1) is 30.2. The molecule has 0 saturated heterocycles. The molecule has 1 rings (SSSR count). The highest BCUT2D eigenvalue weighted by molar-refractivity contribution is 5.98. The largest absolute Gasteiger partial charge is 0.460 e. The van der Waals surface area contributed by atoms with E-state index in [1.807, 2.05) is 11.8 Å². The zero-order valence-electron chi connectivity index (χ0n) is 22.0. The number of amides is 2. The van der Waals surface area contributed by atoms with E-state index in [2.05, 4.69) is 0 Å². The molecule has 35 heavy (non-hydrogen) atoms. The Hall–Kier alpha value is -2.85. The number of nitrogens with two attached hydrogens (primary N) is 1. The van der Waals surface area contributed by atoms with Gasteiger partial charge in [-0.2, -0.15) is 0 Å². The Labute approximate surface area is 208 Å². The highest BCUT2D eigenvalue weighted by Crippen LogP contribution is 2.29.